The number of carbonyl (C=O) groups excluding carboxylic acids is 2. The Morgan fingerprint density at radius 2 is 1.94 bits per heavy atom. The van der Waals surface area contributed by atoms with E-state index < -0.39 is 0 Å². The van der Waals surface area contributed by atoms with Crippen molar-refractivity contribution >= 4 is 23.5 Å². The molecule has 0 bridgehead atoms. The van der Waals surface area contributed by atoms with Gasteiger partial charge in [0.05, 0.1) is 19.4 Å². The lowest BCUT2D eigenvalue weighted by Gasteiger charge is -2.02. The van der Waals surface area contributed by atoms with Crippen LogP contribution in [0.2, 0.25) is 0 Å². The highest BCUT2D eigenvalue weighted by atomic mass is 32.2. The number of methoxy groups -OCH3 is 1. The van der Waals surface area contributed by atoms with Gasteiger partial charge in [-0.1, -0.05) is 12.1 Å². The molecule has 0 amide bonds. The van der Waals surface area contributed by atoms with Crippen LogP contribution in [0.4, 0.5) is 0 Å². The van der Waals surface area contributed by atoms with E-state index in [1.165, 1.54) is 18.9 Å². The zero-order valence-corrected chi connectivity index (χ0v) is 9.75. The van der Waals surface area contributed by atoms with Gasteiger partial charge in [-0.2, -0.15) is 0 Å². The van der Waals surface area contributed by atoms with Gasteiger partial charge < -0.3 is 10.5 Å². The number of ketones is 1. The summed E-state index contributed by atoms with van der Waals surface area (Å²) in [6.07, 6.45) is 0. The van der Waals surface area contributed by atoms with Gasteiger partial charge in [0.25, 0.3) is 0 Å². The van der Waals surface area contributed by atoms with Gasteiger partial charge in [-0.3, -0.25) is 9.59 Å². The first-order chi connectivity index (χ1) is 7.67. The normalized spacial score (nSPS) is 9.88. The number of hydrogen-bond acceptors (Lipinski definition) is 5. The zero-order chi connectivity index (χ0) is 12.0. The summed E-state index contributed by atoms with van der Waals surface area (Å²) in [5.41, 5.74) is 5.83. The molecule has 1 rings (SSSR count). The topological polar surface area (TPSA) is 69.4 Å². The average molecular weight is 239 g/mol. The van der Waals surface area contributed by atoms with Crippen LogP contribution in [0.1, 0.15) is 10.4 Å². The van der Waals surface area contributed by atoms with Crippen molar-refractivity contribution in [2.45, 2.75) is 4.90 Å². The Labute approximate surface area is 98.2 Å². The minimum absolute atomic E-state index is 0.00858. The van der Waals surface area contributed by atoms with Gasteiger partial charge in [0.1, 0.15) is 0 Å². The van der Waals surface area contributed by atoms with Crippen molar-refractivity contribution in [3.63, 3.8) is 0 Å². The summed E-state index contributed by atoms with van der Waals surface area (Å²) in [7, 11) is 1.35. The molecule has 1 aromatic rings. The fourth-order valence-corrected chi connectivity index (χ4v) is 1.79. The molecule has 86 valence electrons. The van der Waals surface area contributed by atoms with E-state index >= 15 is 0 Å². The first kappa shape index (κ1) is 12.7. The summed E-state index contributed by atoms with van der Waals surface area (Å²) in [4.78, 5) is 23.0. The molecule has 0 aromatic heterocycles. The molecular formula is C11H13NO3S. The number of esters is 1. The van der Waals surface area contributed by atoms with Gasteiger partial charge in [-0.05, 0) is 12.1 Å². The second-order valence-corrected chi connectivity index (χ2v) is 4.07. The van der Waals surface area contributed by atoms with Crippen LogP contribution in [-0.4, -0.2) is 31.2 Å². The molecule has 0 saturated heterocycles. The van der Waals surface area contributed by atoms with Gasteiger partial charge in [0.2, 0.25) is 0 Å². The maximum Gasteiger partial charge on any atom is 0.315 e. The predicted octanol–water partition coefficient (Wildman–Crippen LogP) is 1.09. The third-order valence-corrected chi connectivity index (χ3v) is 2.93. The molecule has 16 heavy (non-hydrogen) atoms. The molecule has 4 nitrogen and oxygen atoms in total. The fraction of sp³-hybridized carbons (Fsp3) is 0.273. The monoisotopic (exact) mass is 239 g/mol. The van der Waals surface area contributed by atoms with Crippen molar-refractivity contribution < 1.29 is 14.3 Å². The number of Topliss-reactive ketones (excluding diaryl/α,β-unsaturated/α-hetero) is 1. The Kier molecular flexibility index (Phi) is 5.01. The number of nitrogens with two attached hydrogens (primary N) is 1. The Balaban J connectivity index is 2.58. The van der Waals surface area contributed by atoms with Crippen molar-refractivity contribution in [1.29, 1.82) is 0 Å². The Morgan fingerprint density at radius 1 is 1.31 bits per heavy atom. The first-order valence-electron chi connectivity index (χ1n) is 4.70. The molecule has 0 atom stereocenters. The predicted molar refractivity (Wildman–Crippen MR) is 62.6 cm³/mol. The maximum atomic E-state index is 11.2. The van der Waals surface area contributed by atoms with Crippen LogP contribution in [0.15, 0.2) is 29.2 Å². The highest BCUT2D eigenvalue weighted by Crippen LogP contribution is 2.18. The number of thioether (sulfide) groups is 1. The summed E-state index contributed by atoms with van der Waals surface area (Å²) in [5, 5.41) is 0. The van der Waals surface area contributed by atoms with E-state index in [9.17, 15) is 9.59 Å². The second-order valence-electron chi connectivity index (χ2n) is 3.02. The van der Waals surface area contributed by atoms with Gasteiger partial charge in [0, 0.05) is 10.5 Å². The molecule has 0 radical (unpaired) electrons. The standard InChI is InChI=1S/C11H13NO3S/c1-15-11(14)7-16-9-4-2-8(3-5-9)10(13)6-12/h2-5H,6-7,12H2,1H3. The third-order valence-electron chi connectivity index (χ3n) is 1.95. The highest BCUT2D eigenvalue weighted by Gasteiger charge is 2.04. The summed E-state index contributed by atoms with van der Waals surface area (Å²) in [6, 6.07) is 6.98. The molecule has 0 aliphatic heterocycles. The summed E-state index contributed by atoms with van der Waals surface area (Å²) in [6.45, 7) is 0.00858. The van der Waals surface area contributed by atoms with E-state index in [-0.39, 0.29) is 24.1 Å². The number of rotatable bonds is 5. The van der Waals surface area contributed by atoms with Crippen molar-refractivity contribution in [2.75, 3.05) is 19.4 Å². The Hall–Kier alpha value is -1.33. The number of hydrogen-bond donors (Lipinski definition) is 1. The number of carbonyl (C=O) groups is 2. The smallest absolute Gasteiger partial charge is 0.315 e. The third kappa shape index (κ3) is 3.67. The number of ether oxygens (including phenoxy) is 1. The largest absolute Gasteiger partial charge is 0.468 e. The minimum atomic E-state index is -0.271. The molecule has 0 fully saturated rings. The summed E-state index contributed by atoms with van der Waals surface area (Å²) in [5.74, 6) is -0.0997. The number of benzene rings is 1. The molecule has 0 spiro atoms. The maximum absolute atomic E-state index is 11.2. The van der Waals surface area contributed by atoms with Gasteiger partial charge in [0.15, 0.2) is 5.78 Å². The lowest BCUT2D eigenvalue weighted by atomic mass is 10.1. The van der Waals surface area contributed by atoms with E-state index in [0.29, 0.717) is 5.56 Å². The second kappa shape index (κ2) is 6.30. The molecule has 0 unspecified atom stereocenters. The Bertz CT molecular complexity index is 375. The van der Waals surface area contributed by atoms with Gasteiger partial charge in [-0.25, -0.2) is 0 Å². The molecule has 0 heterocycles. The average Bonchev–Trinajstić information content (AvgIpc) is 2.35. The van der Waals surface area contributed by atoms with Crippen molar-refractivity contribution in [1.82, 2.24) is 0 Å². The molecule has 0 saturated carbocycles. The van der Waals surface area contributed by atoms with Crippen LogP contribution in [0.25, 0.3) is 0 Å². The van der Waals surface area contributed by atoms with Crippen molar-refractivity contribution in [2.24, 2.45) is 5.73 Å². The first-order valence-corrected chi connectivity index (χ1v) is 5.69. The van der Waals surface area contributed by atoms with E-state index in [0.717, 1.165) is 4.90 Å². The van der Waals surface area contributed by atoms with Crippen LogP contribution in [0.3, 0.4) is 0 Å². The highest BCUT2D eigenvalue weighted by molar-refractivity contribution is 8.00. The molecule has 5 heteroatoms. The van der Waals surface area contributed by atoms with E-state index in [2.05, 4.69) is 4.74 Å². The fourth-order valence-electron chi connectivity index (χ4n) is 1.06. The van der Waals surface area contributed by atoms with Crippen LogP contribution in [0.5, 0.6) is 0 Å². The summed E-state index contributed by atoms with van der Waals surface area (Å²) >= 11 is 1.36. The lowest BCUT2D eigenvalue weighted by Crippen LogP contribution is -2.13. The molecule has 2 N–H and O–H groups in total. The molecular weight excluding hydrogens is 226 g/mol. The Morgan fingerprint density at radius 3 is 2.44 bits per heavy atom. The molecule has 0 aliphatic rings. The minimum Gasteiger partial charge on any atom is -0.468 e. The van der Waals surface area contributed by atoms with Crippen LogP contribution >= 0.6 is 11.8 Å². The zero-order valence-electron chi connectivity index (χ0n) is 8.93. The summed E-state index contributed by atoms with van der Waals surface area (Å²) < 4.78 is 4.52. The lowest BCUT2D eigenvalue weighted by molar-refractivity contribution is -0.137. The van der Waals surface area contributed by atoms with E-state index in [4.69, 9.17) is 5.73 Å². The van der Waals surface area contributed by atoms with Crippen molar-refractivity contribution in [3.05, 3.63) is 29.8 Å². The quantitative estimate of drug-likeness (QED) is 0.473. The van der Waals surface area contributed by atoms with Gasteiger partial charge >= 0.3 is 5.97 Å². The van der Waals surface area contributed by atoms with E-state index in [1.807, 2.05) is 0 Å². The van der Waals surface area contributed by atoms with Crippen molar-refractivity contribution in [3.8, 4) is 0 Å². The van der Waals surface area contributed by atoms with E-state index in [1.54, 1.807) is 24.3 Å². The van der Waals surface area contributed by atoms with Crippen LogP contribution in [0, 0.1) is 0 Å². The molecule has 0 aliphatic carbocycles. The van der Waals surface area contributed by atoms with Crippen LogP contribution in [-0.2, 0) is 9.53 Å². The molecule has 1 aromatic carbocycles. The van der Waals surface area contributed by atoms with Crippen LogP contribution < -0.4 is 5.73 Å². The van der Waals surface area contributed by atoms with Gasteiger partial charge in [-0.15, -0.1) is 11.8 Å². The SMILES string of the molecule is COC(=O)CSc1ccc(C(=O)CN)cc1.